The molecule has 1 heterocycles. The van der Waals surface area contributed by atoms with E-state index in [-0.39, 0.29) is 5.91 Å². The summed E-state index contributed by atoms with van der Waals surface area (Å²) in [5, 5.41) is 13.7. The lowest BCUT2D eigenvalue weighted by molar-refractivity contribution is -0.114. The number of thiazole rings is 1. The van der Waals surface area contributed by atoms with Gasteiger partial charge in [-0.3, -0.25) is 4.79 Å². The van der Waals surface area contributed by atoms with Gasteiger partial charge in [0.2, 0.25) is 5.91 Å². The molecular formula is C21H16BrN3OS. The zero-order chi connectivity index (χ0) is 19.4. The molecule has 1 amide bonds. The van der Waals surface area contributed by atoms with Gasteiger partial charge in [-0.2, -0.15) is 5.26 Å². The van der Waals surface area contributed by atoms with Crippen LogP contribution in [0.1, 0.15) is 23.1 Å². The van der Waals surface area contributed by atoms with Crippen LogP contribution in [-0.4, -0.2) is 10.9 Å². The van der Waals surface area contributed by atoms with Gasteiger partial charge in [0.15, 0.2) is 0 Å². The fourth-order valence-corrected chi connectivity index (χ4v) is 3.72. The highest BCUT2D eigenvalue weighted by molar-refractivity contribution is 9.10. The Kier molecular flexibility index (Phi) is 5.84. The van der Waals surface area contributed by atoms with E-state index in [1.54, 1.807) is 6.08 Å². The highest BCUT2D eigenvalue weighted by Gasteiger charge is 2.17. The molecule has 27 heavy (non-hydrogen) atoms. The molecule has 3 rings (SSSR count). The standard InChI is InChI=1S/C21H16BrN3OS/c1-13-3-7-16(8-4-13)19-21(24-14(2)26)27-20(25-19)17(12-23)11-15-5-9-18(22)10-6-15/h3-11H,1-2H3,(H,24,26)/b17-11+. The van der Waals surface area contributed by atoms with Gasteiger partial charge in [-0.25, -0.2) is 4.98 Å². The van der Waals surface area contributed by atoms with E-state index in [4.69, 9.17) is 0 Å². The van der Waals surface area contributed by atoms with Gasteiger partial charge in [0.1, 0.15) is 21.8 Å². The summed E-state index contributed by atoms with van der Waals surface area (Å²) in [7, 11) is 0. The second-order valence-electron chi connectivity index (χ2n) is 5.97. The Bertz CT molecular complexity index is 1040. The molecule has 0 aliphatic carbocycles. The SMILES string of the molecule is CC(=O)Nc1sc(/C(C#N)=C/c2ccc(Br)cc2)nc1-c1ccc(C)cc1. The van der Waals surface area contributed by atoms with Crippen molar-refractivity contribution in [3.05, 3.63) is 69.1 Å². The average molecular weight is 438 g/mol. The summed E-state index contributed by atoms with van der Waals surface area (Å²) >= 11 is 4.70. The number of rotatable bonds is 4. The third-order valence-electron chi connectivity index (χ3n) is 3.77. The number of aromatic nitrogens is 1. The Balaban J connectivity index is 2.06. The number of nitrogens with one attached hydrogen (secondary N) is 1. The average Bonchev–Trinajstić information content (AvgIpc) is 3.04. The van der Waals surface area contributed by atoms with E-state index in [1.165, 1.54) is 18.3 Å². The topological polar surface area (TPSA) is 65.8 Å². The monoisotopic (exact) mass is 437 g/mol. The number of nitriles is 1. The smallest absolute Gasteiger partial charge is 0.221 e. The van der Waals surface area contributed by atoms with Crippen molar-refractivity contribution in [2.45, 2.75) is 13.8 Å². The minimum Gasteiger partial charge on any atom is -0.316 e. The third kappa shape index (κ3) is 4.70. The maximum Gasteiger partial charge on any atom is 0.221 e. The van der Waals surface area contributed by atoms with Crippen LogP contribution in [0, 0.1) is 18.3 Å². The minimum absolute atomic E-state index is 0.172. The summed E-state index contributed by atoms with van der Waals surface area (Å²) < 4.78 is 0.974. The molecule has 1 aromatic heterocycles. The number of benzene rings is 2. The molecular weight excluding hydrogens is 422 g/mol. The largest absolute Gasteiger partial charge is 0.316 e. The summed E-state index contributed by atoms with van der Waals surface area (Å²) in [6, 6.07) is 17.8. The molecule has 134 valence electrons. The molecule has 0 atom stereocenters. The molecule has 0 bridgehead atoms. The number of carbonyl (C=O) groups excluding carboxylic acids is 1. The molecule has 0 fully saturated rings. The first-order valence-corrected chi connectivity index (χ1v) is 9.80. The van der Waals surface area contributed by atoms with Gasteiger partial charge in [0, 0.05) is 17.0 Å². The van der Waals surface area contributed by atoms with Crippen LogP contribution in [0.25, 0.3) is 22.9 Å². The number of aryl methyl sites for hydroxylation is 1. The highest BCUT2D eigenvalue weighted by Crippen LogP contribution is 2.36. The Labute approximate surface area is 170 Å². The number of nitrogens with zero attached hydrogens (tertiary/aromatic N) is 2. The van der Waals surface area contributed by atoms with Crippen molar-refractivity contribution in [2.75, 3.05) is 5.32 Å². The molecule has 0 aliphatic rings. The summed E-state index contributed by atoms with van der Waals surface area (Å²) in [6.45, 7) is 3.47. The van der Waals surface area contributed by atoms with E-state index < -0.39 is 0 Å². The van der Waals surface area contributed by atoms with Crippen LogP contribution in [0.15, 0.2) is 53.0 Å². The molecule has 0 radical (unpaired) electrons. The molecule has 4 nitrogen and oxygen atoms in total. The van der Waals surface area contributed by atoms with Crippen LogP contribution in [0.2, 0.25) is 0 Å². The molecule has 1 N–H and O–H groups in total. The van der Waals surface area contributed by atoms with Crippen molar-refractivity contribution in [3.63, 3.8) is 0 Å². The van der Waals surface area contributed by atoms with E-state index in [2.05, 4.69) is 32.3 Å². The summed E-state index contributed by atoms with van der Waals surface area (Å²) in [5.74, 6) is -0.172. The molecule has 3 aromatic rings. The van der Waals surface area contributed by atoms with Crippen LogP contribution < -0.4 is 5.32 Å². The number of amides is 1. The number of hydrogen-bond donors (Lipinski definition) is 1. The number of allylic oxidation sites excluding steroid dienone is 1. The van der Waals surface area contributed by atoms with Gasteiger partial charge in [0.05, 0.1) is 5.57 Å². The summed E-state index contributed by atoms with van der Waals surface area (Å²) in [5.41, 5.74) is 4.06. The van der Waals surface area contributed by atoms with Gasteiger partial charge in [-0.15, -0.1) is 0 Å². The van der Waals surface area contributed by atoms with E-state index in [0.717, 1.165) is 21.2 Å². The first-order valence-electron chi connectivity index (χ1n) is 8.19. The molecule has 6 heteroatoms. The van der Waals surface area contributed by atoms with E-state index in [9.17, 15) is 10.1 Å². The van der Waals surface area contributed by atoms with Gasteiger partial charge in [-0.05, 0) is 30.7 Å². The van der Waals surface area contributed by atoms with Crippen LogP contribution in [0.5, 0.6) is 0 Å². The zero-order valence-electron chi connectivity index (χ0n) is 14.8. The maximum absolute atomic E-state index is 11.6. The van der Waals surface area contributed by atoms with Crippen LogP contribution >= 0.6 is 27.3 Å². The van der Waals surface area contributed by atoms with Gasteiger partial charge in [-0.1, -0.05) is 69.2 Å². The molecule has 0 spiro atoms. The van der Waals surface area contributed by atoms with Crippen LogP contribution in [-0.2, 0) is 4.79 Å². The highest BCUT2D eigenvalue weighted by atomic mass is 79.9. The lowest BCUT2D eigenvalue weighted by Gasteiger charge is -2.03. The third-order valence-corrected chi connectivity index (χ3v) is 5.31. The van der Waals surface area contributed by atoms with Crippen molar-refractivity contribution in [1.82, 2.24) is 4.98 Å². The summed E-state index contributed by atoms with van der Waals surface area (Å²) in [4.78, 5) is 16.3. The molecule has 0 saturated carbocycles. The second kappa shape index (κ2) is 8.30. The maximum atomic E-state index is 11.6. The van der Waals surface area contributed by atoms with Crippen LogP contribution in [0.4, 0.5) is 5.00 Å². The van der Waals surface area contributed by atoms with Crippen molar-refractivity contribution < 1.29 is 4.79 Å². The van der Waals surface area contributed by atoms with E-state index in [1.807, 2.05) is 55.5 Å². The summed E-state index contributed by atoms with van der Waals surface area (Å²) in [6.07, 6.45) is 1.79. The first-order chi connectivity index (χ1) is 13.0. The van der Waals surface area contributed by atoms with Crippen molar-refractivity contribution >= 4 is 49.8 Å². The van der Waals surface area contributed by atoms with Crippen molar-refractivity contribution in [3.8, 4) is 17.3 Å². The predicted octanol–water partition coefficient (Wildman–Crippen LogP) is 5.90. The quantitative estimate of drug-likeness (QED) is 0.516. The van der Waals surface area contributed by atoms with Gasteiger partial charge < -0.3 is 5.32 Å². The number of hydrogen-bond acceptors (Lipinski definition) is 4. The Morgan fingerprint density at radius 2 is 1.85 bits per heavy atom. The first kappa shape index (κ1) is 19.0. The Hall–Kier alpha value is -2.75. The van der Waals surface area contributed by atoms with Crippen molar-refractivity contribution in [2.24, 2.45) is 0 Å². The van der Waals surface area contributed by atoms with Gasteiger partial charge >= 0.3 is 0 Å². The van der Waals surface area contributed by atoms with Crippen molar-refractivity contribution in [1.29, 1.82) is 5.26 Å². The normalized spacial score (nSPS) is 11.1. The number of carbonyl (C=O) groups is 1. The second-order valence-corrected chi connectivity index (χ2v) is 7.88. The Morgan fingerprint density at radius 1 is 1.19 bits per heavy atom. The fraction of sp³-hybridized carbons (Fsp3) is 0.0952. The zero-order valence-corrected chi connectivity index (χ0v) is 17.2. The van der Waals surface area contributed by atoms with E-state index >= 15 is 0 Å². The predicted molar refractivity (Wildman–Crippen MR) is 114 cm³/mol. The number of anilines is 1. The Morgan fingerprint density at radius 3 is 2.44 bits per heavy atom. The van der Waals surface area contributed by atoms with E-state index in [0.29, 0.717) is 21.3 Å². The lowest BCUT2D eigenvalue weighted by Crippen LogP contribution is -2.05. The molecule has 0 unspecified atom stereocenters. The van der Waals surface area contributed by atoms with Crippen LogP contribution in [0.3, 0.4) is 0 Å². The molecule has 0 saturated heterocycles. The van der Waals surface area contributed by atoms with Gasteiger partial charge in [0.25, 0.3) is 0 Å². The minimum atomic E-state index is -0.172. The number of halogens is 1. The lowest BCUT2D eigenvalue weighted by atomic mass is 10.1. The molecule has 0 aliphatic heterocycles. The molecule has 2 aromatic carbocycles. The fourth-order valence-electron chi connectivity index (χ4n) is 2.45.